The van der Waals surface area contributed by atoms with Gasteiger partial charge in [0.05, 0.1) is 27.2 Å². The van der Waals surface area contributed by atoms with Gasteiger partial charge in [0.2, 0.25) is 5.91 Å². The van der Waals surface area contributed by atoms with E-state index in [1.54, 1.807) is 17.4 Å². The molecule has 0 bridgehead atoms. The van der Waals surface area contributed by atoms with E-state index in [1.165, 1.54) is 35.6 Å². The van der Waals surface area contributed by atoms with Gasteiger partial charge in [-0.25, -0.2) is 18.4 Å². The first kappa shape index (κ1) is 22.4. The Hall–Kier alpha value is -2.75. The van der Waals surface area contributed by atoms with Crippen LogP contribution in [0.15, 0.2) is 72.1 Å². The van der Waals surface area contributed by atoms with Gasteiger partial charge in [0, 0.05) is 36.9 Å². The lowest BCUT2D eigenvalue weighted by Crippen LogP contribution is -2.33. The van der Waals surface area contributed by atoms with Gasteiger partial charge in [0.15, 0.2) is 15.0 Å². The number of anilines is 1. The SMILES string of the molecule is O=C(CCS(=O)(=O)c1ccc(Cl)cc1)N(CCCn1ccnc1)c1nc2ccccc2s1. The number of sulfone groups is 1. The fourth-order valence-electron chi connectivity index (χ4n) is 3.25. The summed E-state index contributed by atoms with van der Waals surface area (Å²) in [6.45, 7) is 1.12. The van der Waals surface area contributed by atoms with Crippen molar-refractivity contribution < 1.29 is 13.2 Å². The van der Waals surface area contributed by atoms with Crippen LogP contribution in [0.1, 0.15) is 12.8 Å². The number of aromatic nitrogens is 3. The summed E-state index contributed by atoms with van der Waals surface area (Å²) < 4.78 is 28.3. The summed E-state index contributed by atoms with van der Waals surface area (Å²) in [7, 11) is -3.60. The monoisotopic (exact) mass is 488 g/mol. The molecule has 0 radical (unpaired) electrons. The average Bonchev–Trinajstić information content (AvgIpc) is 3.45. The maximum absolute atomic E-state index is 13.1. The zero-order chi connectivity index (χ0) is 22.6. The molecule has 0 saturated carbocycles. The van der Waals surface area contributed by atoms with Gasteiger partial charge in [-0.3, -0.25) is 9.69 Å². The molecule has 0 aliphatic heterocycles. The van der Waals surface area contributed by atoms with Crippen molar-refractivity contribution in [1.29, 1.82) is 0 Å². The number of para-hydroxylation sites is 1. The van der Waals surface area contributed by atoms with Crippen molar-refractivity contribution in [1.82, 2.24) is 14.5 Å². The number of halogens is 1. The summed E-state index contributed by atoms with van der Waals surface area (Å²) in [4.78, 5) is 23.5. The van der Waals surface area contributed by atoms with E-state index in [0.717, 1.165) is 10.2 Å². The van der Waals surface area contributed by atoms with E-state index in [4.69, 9.17) is 11.6 Å². The number of carbonyl (C=O) groups excluding carboxylic acids is 1. The second kappa shape index (κ2) is 9.81. The highest BCUT2D eigenvalue weighted by atomic mass is 35.5. The third-order valence-corrected chi connectivity index (χ3v) is 7.97. The summed E-state index contributed by atoms with van der Waals surface area (Å²) in [5, 5.41) is 1.03. The van der Waals surface area contributed by atoms with Crippen LogP contribution in [0.4, 0.5) is 5.13 Å². The number of carbonyl (C=O) groups is 1. The van der Waals surface area contributed by atoms with Crippen LogP contribution in [0.3, 0.4) is 0 Å². The largest absolute Gasteiger partial charge is 0.337 e. The molecule has 0 unspecified atom stereocenters. The predicted molar refractivity (Wildman–Crippen MR) is 127 cm³/mol. The van der Waals surface area contributed by atoms with Crippen molar-refractivity contribution in [3.05, 3.63) is 72.3 Å². The molecule has 0 aliphatic carbocycles. The van der Waals surface area contributed by atoms with E-state index in [2.05, 4.69) is 9.97 Å². The normalized spacial score (nSPS) is 11.7. The minimum atomic E-state index is -3.60. The van der Waals surface area contributed by atoms with Crippen molar-refractivity contribution in [2.45, 2.75) is 24.3 Å². The number of imidazole rings is 1. The molecule has 0 spiro atoms. The number of amides is 1. The molecule has 10 heteroatoms. The first-order valence-corrected chi connectivity index (χ1v) is 12.9. The maximum atomic E-state index is 13.1. The zero-order valence-electron chi connectivity index (χ0n) is 17.1. The highest BCUT2D eigenvalue weighted by Gasteiger charge is 2.23. The molecular weight excluding hydrogens is 468 g/mol. The number of nitrogens with zero attached hydrogens (tertiary/aromatic N) is 4. The molecule has 0 fully saturated rings. The molecule has 2 aromatic heterocycles. The Bertz CT molecular complexity index is 1270. The molecular formula is C22H21ClN4O3S2. The number of fused-ring (bicyclic) bond motifs is 1. The van der Waals surface area contributed by atoms with Crippen LogP contribution < -0.4 is 4.90 Å². The van der Waals surface area contributed by atoms with Gasteiger partial charge in [-0.1, -0.05) is 35.1 Å². The Morgan fingerprint density at radius 1 is 1.12 bits per heavy atom. The molecule has 0 N–H and O–H groups in total. The van der Waals surface area contributed by atoms with Crippen LogP contribution >= 0.6 is 22.9 Å². The second-order valence-corrected chi connectivity index (χ2v) is 10.7. The fourth-order valence-corrected chi connectivity index (χ4v) is 5.61. The standard InChI is InChI=1S/C22H21ClN4O3S2/c23-17-6-8-18(9-7-17)32(29,30)15-10-21(28)27(13-3-12-26-14-11-24-16-26)22-25-19-4-1-2-5-20(19)31-22/h1-2,4-9,11,14,16H,3,10,12-13,15H2. The van der Waals surface area contributed by atoms with E-state index in [9.17, 15) is 13.2 Å². The van der Waals surface area contributed by atoms with Crippen LogP contribution in [0.5, 0.6) is 0 Å². The average molecular weight is 489 g/mol. The summed E-state index contributed by atoms with van der Waals surface area (Å²) >= 11 is 7.27. The van der Waals surface area contributed by atoms with Crippen LogP contribution in [0, 0.1) is 0 Å². The van der Waals surface area contributed by atoms with Crippen molar-refractivity contribution >= 4 is 54.0 Å². The van der Waals surface area contributed by atoms with E-state index in [-0.39, 0.29) is 23.0 Å². The minimum Gasteiger partial charge on any atom is -0.337 e. The maximum Gasteiger partial charge on any atom is 0.229 e. The molecule has 166 valence electrons. The number of benzene rings is 2. The molecule has 0 aliphatic rings. The van der Waals surface area contributed by atoms with Gasteiger partial charge in [-0.15, -0.1) is 0 Å². The Morgan fingerprint density at radius 3 is 2.62 bits per heavy atom. The van der Waals surface area contributed by atoms with Gasteiger partial charge in [0.25, 0.3) is 0 Å². The van der Waals surface area contributed by atoms with Crippen LogP contribution in [0.2, 0.25) is 5.02 Å². The fraction of sp³-hybridized carbons (Fsp3) is 0.227. The predicted octanol–water partition coefficient (Wildman–Crippen LogP) is 4.43. The van der Waals surface area contributed by atoms with Crippen molar-refractivity contribution in [3.63, 3.8) is 0 Å². The molecule has 1 amide bonds. The molecule has 0 saturated heterocycles. The Balaban J connectivity index is 1.50. The second-order valence-electron chi connectivity index (χ2n) is 7.19. The van der Waals surface area contributed by atoms with Gasteiger partial charge in [-0.2, -0.15) is 0 Å². The highest BCUT2D eigenvalue weighted by molar-refractivity contribution is 7.91. The molecule has 4 rings (SSSR count). The summed E-state index contributed by atoms with van der Waals surface area (Å²) in [6, 6.07) is 13.6. The first-order valence-electron chi connectivity index (χ1n) is 10.0. The summed E-state index contributed by atoms with van der Waals surface area (Å²) in [6.07, 6.45) is 5.84. The third kappa shape index (κ3) is 5.35. The molecule has 32 heavy (non-hydrogen) atoms. The number of rotatable bonds is 9. The molecule has 0 atom stereocenters. The molecule has 7 nitrogen and oxygen atoms in total. The lowest BCUT2D eigenvalue weighted by molar-refractivity contribution is -0.118. The molecule has 2 heterocycles. The van der Waals surface area contributed by atoms with E-state index < -0.39 is 9.84 Å². The number of hydrogen-bond acceptors (Lipinski definition) is 6. The lowest BCUT2D eigenvalue weighted by atomic mass is 10.3. The van der Waals surface area contributed by atoms with Gasteiger partial charge < -0.3 is 4.57 Å². The van der Waals surface area contributed by atoms with Crippen LogP contribution in [-0.2, 0) is 21.2 Å². The van der Waals surface area contributed by atoms with Crippen molar-refractivity contribution in [3.8, 4) is 0 Å². The smallest absolute Gasteiger partial charge is 0.229 e. The van der Waals surface area contributed by atoms with Gasteiger partial charge >= 0.3 is 0 Å². The van der Waals surface area contributed by atoms with Gasteiger partial charge in [-0.05, 0) is 42.8 Å². The lowest BCUT2D eigenvalue weighted by Gasteiger charge is -2.20. The Morgan fingerprint density at radius 2 is 1.91 bits per heavy atom. The highest BCUT2D eigenvalue weighted by Crippen LogP contribution is 2.29. The van der Waals surface area contributed by atoms with Crippen molar-refractivity contribution in [2.75, 3.05) is 17.2 Å². The number of aryl methyl sites for hydroxylation is 1. The Labute approximate surface area is 195 Å². The van der Waals surface area contributed by atoms with Gasteiger partial charge in [0.1, 0.15) is 0 Å². The van der Waals surface area contributed by atoms with E-state index in [1.807, 2.05) is 35.0 Å². The van der Waals surface area contributed by atoms with E-state index >= 15 is 0 Å². The van der Waals surface area contributed by atoms with Crippen molar-refractivity contribution in [2.24, 2.45) is 0 Å². The minimum absolute atomic E-state index is 0.133. The zero-order valence-corrected chi connectivity index (χ0v) is 19.5. The van der Waals surface area contributed by atoms with Crippen LogP contribution in [-0.4, -0.2) is 41.2 Å². The third-order valence-electron chi connectivity index (χ3n) is 4.93. The summed E-state index contributed by atoms with van der Waals surface area (Å²) in [5.74, 6) is -0.552. The van der Waals surface area contributed by atoms with Crippen LogP contribution in [0.25, 0.3) is 10.2 Å². The summed E-state index contributed by atoms with van der Waals surface area (Å²) in [5.41, 5.74) is 0.814. The topological polar surface area (TPSA) is 85.2 Å². The molecule has 4 aromatic rings. The van der Waals surface area contributed by atoms with E-state index in [0.29, 0.717) is 29.7 Å². The number of hydrogen-bond donors (Lipinski definition) is 0. The Kier molecular flexibility index (Phi) is 6.88. The molecule has 2 aromatic carbocycles. The number of thiazole rings is 1. The first-order chi connectivity index (χ1) is 15.4. The quantitative estimate of drug-likeness (QED) is 0.348.